The van der Waals surface area contributed by atoms with E-state index in [4.69, 9.17) is 27.9 Å². The van der Waals surface area contributed by atoms with Crippen LogP contribution in [0, 0.1) is 23.7 Å². The molecular formula is C36H31Cl2F3N4O6. The lowest BCUT2D eigenvalue weighted by atomic mass is 9.49. The normalized spacial score (nSPS) is 27.3. The van der Waals surface area contributed by atoms with Crippen molar-refractivity contribution in [3.63, 3.8) is 0 Å². The van der Waals surface area contributed by atoms with Crippen LogP contribution in [0.15, 0.2) is 66.4 Å². The number of benzene rings is 2. The maximum atomic E-state index is 15.2. The second kappa shape index (κ2) is 12.6. The number of hydrogen-bond donors (Lipinski definition) is 2. The number of allylic oxidation sites excluding steroid dienone is 2. The van der Waals surface area contributed by atoms with Gasteiger partial charge < -0.3 is 9.84 Å². The zero-order valence-electron chi connectivity index (χ0n) is 27.2. The lowest BCUT2D eigenvalue weighted by molar-refractivity contribution is -0.141. The molecule has 266 valence electrons. The molecule has 51 heavy (non-hydrogen) atoms. The third kappa shape index (κ3) is 5.26. The summed E-state index contributed by atoms with van der Waals surface area (Å²) in [7, 11) is 1.42. The number of hydrazine groups is 1. The molecule has 4 aliphatic rings. The molecule has 2 saturated heterocycles. The fraction of sp³-hybridized carbons (Fsp3) is 0.361. The smallest absolute Gasteiger partial charge is 0.417 e. The van der Waals surface area contributed by atoms with Crippen LogP contribution in [0.1, 0.15) is 48.8 Å². The van der Waals surface area contributed by atoms with E-state index in [0.29, 0.717) is 45.6 Å². The lowest BCUT2D eigenvalue weighted by Crippen LogP contribution is -2.53. The van der Waals surface area contributed by atoms with Gasteiger partial charge >= 0.3 is 6.18 Å². The number of carbonyl (C=O) groups excluding carboxylic acids is 4. The Labute approximate surface area is 300 Å². The first-order chi connectivity index (χ1) is 24.2. The number of aromatic hydroxyl groups is 1. The molecule has 0 spiro atoms. The first-order valence-electron chi connectivity index (χ1n) is 16.3. The number of fused-ring (bicyclic) bond motifs is 4. The Hall–Kier alpha value is -4.62. The molecule has 15 heteroatoms. The number of alkyl halides is 3. The number of nitrogens with zero attached hydrogens (tertiary/aromatic N) is 3. The van der Waals surface area contributed by atoms with Crippen molar-refractivity contribution >= 4 is 52.6 Å². The fourth-order valence-corrected chi connectivity index (χ4v) is 8.87. The van der Waals surface area contributed by atoms with Crippen LogP contribution >= 0.6 is 23.2 Å². The fourth-order valence-electron chi connectivity index (χ4n) is 8.53. The topological polar surface area (TPSA) is 129 Å². The Kier molecular flexibility index (Phi) is 8.57. The number of amides is 4. The molecule has 0 bridgehead atoms. The Bertz CT molecular complexity index is 2010. The minimum atomic E-state index is -4.75. The maximum Gasteiger partial charge on any atom is 0.417 e. The molecule has 6 atom stereocenters. The Morgan fingerprint density at radius 2 is 1.75 bits per heavy atom. The van der Waals surface area contributed by atoms with Gasteiger partial charge in [0.15, 0.2) is 5.82 Å². The molecule has 3 fully saturated rings. The number of aromatic nitrogens is 1. The van der Waals surface area contributed by atoms with Crippen molar-refractivity contribution < 1.29 is 42.2 Å². The summed E-state index contributed by atoms with van der Waals surface area (Å²) < 4.78 is 45.6. The van der Waals surface area contributed by atoms with Crippen molar-refractivity contribution in [3.8, 4) is 11.5 Å². The SMILES string of the molecule is CCCN1C(=O)[C@H]2[C@H](CC=C3[C@H]2C[C@H]2C(=O)N(Nc4ncc(C(F)(F)F)cc4Cl)C(=O)[C@@]2(c2ccc(Cl)cc2)[C@H]3c2ccc(OC)cc2O)C1=O. The van der Waals surface area contributed by atoms with Gasteiger partial charge in [0.05, 0.1) is 40.9 Å². The van der Waals surface area contributed by atoms with Crippen LogP contribution in [-0.2, 0) is 30.8 Å². The van der Waals surface area contributed by atoms with E-state index in [2.05, 4.69) is 10.4 Å². The molecule has 10 nitrogen and oxygen atoms in total. The summed E-state index contributed by atoms with van der Waals surface area (Å²) >= 11 is 12.5. The highest BCUT2D eigenvalue weighted by Crippen LogP contribution is 2.65. The number of hydrogen-bond acceptors (Lipinski definition) is 8. The standard InChI is InChI=1S/C36H31Cl2F3N4O6/c1-3-12-44-31(47)23-11-10-21-24(28(23)33(44)49)15-25-32(48)45(43-30-26(38)13-18(16-42-30)36(39,40)41)34(50)35(25,17-4-6-19(37)7-5-17)29(21)22-9-8-20(51-2)14-27(22)46/h4-10,13-14,16,23-25,28-29,46H,3,11-12,15H2,1-2H3,(H,42,43)/t23-,24+,25-,28-,29+,35+/m0/s1. The molecule has 1 saturated carbocycles. The number of pyridine rings is 1. The number of anilines is 1. The first kappa shape index (κ1) is 34.8. The van der Waals surface area contributed by atoms with Gasteiger partial charge in [0.2, 0.25) is 11.8 Å². The van der Waals surface area contributed by atoms with E-state index >= 15 is 4.79 Å². The van der Waals surface area contributed by atoms with Crippen LogP contribution in [0.4, 0.5) is 19.0 Å². The van der Waals surface area contributed by atoms with Crippen molar-refractivity contribution in [1.29, 1.82) is 0 Å². The highest BCUT2D eigenvalue weighted by Gasteiger charge is 2.70. The van der Waals surface area contributed by atoms with Crippen LogP contribution in [0.5, 0.6) is 11.5 Å². The zero-order chi connectivity index (χ0) is 36.6. The van der Waals surface area contributed by atoms with Gasteiger partial charge in [-0.15, -0.1) is 0 Å². The van der Waals surface area contributed by atoms with Crippen molar-refractivity contribution in [2.45, 2.75) is 43.7 Å². The van der Waals surface area contributed by atoms with Crippen molar-refractivity contribution in [2.75, 3.05) is 19.1 Å². The number of rotatable bonds is 7. The minimum absolute atomic E-state index is 0.0288. The van der Waals surface area contributed by atoms with E-state index in [0.717, 1.165) is 0 Å². The predicted octanol–water partition coefficient (Wildman–Crippen LogP) is 6.52. The lowest BCUT2D eigenvalue weighted by Gasteiger charge is -2.50. The first-order valence-corrected chi connectivity index (χ1v) is 17.0. The van der Waals surface area contributed by atoms with Gasteiger partial charge in [0.1, 0.15) is 11.5 Å². The molecule has 2 aromatic carbocycles. The average Bonchev–Trinajstić information content (AvgIpc) is 3.46. The molecule has 3 aromatic rings. The zero-order valence-corrected chi connectivity index (χ0v) is 28.7. The molecule has 1 aromatic heterocycles. The Morgan fingerprint density at radius 1 is 1.02 bits per heavy atom. The largest absolute Gasteiger partial charge is 0.508 e. The number of methoxy groups -OCH3 is 1. The molecule has 2 aliphatic carbocycles. The monoisotopic (exact) mass is 742 g/mol. The van der Waals surface area contributed by atoms with E-state index in [9.17, 15) is 32.7 Å². The molecular weight excluding hydrogens is 712 g/mol. The van der Waals surface area contributed by atoms with Gasteiger partial charge in [-0.1, -0.05) is 60.0 Å². The highest BCUT2D eigenvalue weighted by molar-refractivity contribution is 6.33. The summed E-state index contributed by atoms with van der Waals surface area (Å²) in [6.07, 6.45) is -1.64. The number of ether oxygens (including phenoxy) is 1. The van der Waals surface area contributed by atoms with E-state index in [1.165, 1.54) is 18.1 Å². The van der Waals surface area contributed by atoms with Crippen LogP contribution in [0.3, 0.4) is 0 Å². The molecule has 4 amide bonds. The summed E-state index contributed by atoms with van der Waals surface area (Å²) in [6, 6.07) is 11.6. The number of phenols is 1. The second-order valence-corrected chi connectivity index (χ2v) is 14.0. The highest BCUT2D eigenvalue weighted by atomic mass is 35.5. The van der Waals surface area contributed by atoms with Gasteiger partial charge in [-0.25, -0.2) is 4.98 Å². The van der Waals surface area contributed by atoms with E-state index in [-0.39, 0.29) is 48.3 Å². The van der Waals surface area contributed by atoms with Gasteiger partial charge in [0.25, 0.3) is 11.8 Å². The van der Waals surface area contributed by atoms with Crippen LogP contribution < -0.4 is 10.2 Å². The van der Waals surface area contributed by atoms with Gasteiger partial charge in [-0.05, 0) is 55.0 Å². The number of likely N-dealkylation sites (tertiary alicyclic amines) is 1. The Morgan fingerprint density at radius 3 is 2.37 bits per heavy atom. The number of nitrogens with one attached hydrogen (secondary N) is 1. The Balaban J connectivity index is 1.44. The summed E-state index contributed by atoms with van der Waals surface area (Å²) in [6.45, 7) is 2.10. The molecule has 2 N–H and O–H groups in total. The van der Waals surface area contributed by atoms with Gasteiger partial charge in [-0.2, -0.15) is 18.2 Å². The quantitative estimate of drug-likeness (QED) is 0.207. The summed E-state index contributed by atoms with van der Waals surface area (Å²) in [5, 5.41) is 12.1. The van der Waals surface area contributed by atoms with E-state index in [1.54, 1.807) is 36.4 Å². The summed E-state index contributed by atoms with van der Waals surface area (Å²) in [5.41, 5.74) is 0.928. The van der Waals surface area contributed by atoms with Crippen LogP contribution in [-0.4, -0.2) is 57.3 Å². The van der Waals surface area contributed by atoms with Gasteiger partial charge in [0, 0.05) is 35.3 Å². The van der Waals surface area contributed by atoms with Crippen molar-refractivity contribution in [1.82, 2.24) is 14.9 Å². The second-order valence-electron chi connectivity index (χ2n) is 13.2. The minimum Gasteiger partial charge on any atom is -0.508 e. The number of imide groups is 2. The third-order valence-electron chi connectivity index (χ3n) is 10.6. The molecule has 0 unspecified atom stereocenters. The van der Waals surface area contributed by atoms with E-state index < -0.39 is 63.6 Å². The predicted molar refractivity (Wildman–Crippen MR) is 179 cm³/mol. The van der Waals surface area contributed by atoms with Gasteiger partial charge in [-0.3, -0.25) is 29.5 Å². The van der Waals surface area contributed by atoms with Crippen LogP contribution in [0.2, 0.25) is 10.0 Å². The summed E-state index contributed by atoms with van der Waals surface area (Å²) in [5.74, 6) is -6.89. The number of halogens is 5. The van der Waals surface area contributed by atoms with E-state index in [1.807, 2.05) is 13.0 Å². The maximum absolute atomic E-state index is 15.2. The molecule has 3 heterocycles. The van der Waals surface area contributed by atoms with Crippen molar-refractivity contribution in [3.05, 3.63) is 93.1 Å². The van der Waals surface area contributed by atoms with Crippen molar-refractivity contribution in [2.24, 2.45) is 23.7 Å². The molecule has 7 rings (SSSR count). The molecule has 0 radical (unpaired) electrons. The summed E-state index contributed by atoms with van der Waals surface area (Å²) in [4.78, 5) is 62.4. The number of carbonyl (C=O) groups is 4. The third-order valence-corrected chi connectivity index (χ3v) is 11.2. The molecule has 2 aliphatic heterocycles. The average molecular weight is 744 g/mol. The number of phenolic OH excluding ortho intramolecular Hbond substituents is 1. The van der Waals surface area contributed by atoms with Crippen LogP contribution in [0.25, 0.3) is 0 Å².